The highest BCUT2D eigenvalue weighted by molar-refractivity contribution is 7.33. The minimum absolute atomic E-state index is 0.0192. The Bertz CT molecular complexity index is 3390. The highest BCUT2D eigenvalue weighted by Crippen LogP contribution is 2.45. The van der Waals surface area contributed by atoms with Gasteiger partial charge in [-0.05, 0) is 49.8 Å². The fourth-order valence-electron chi connectivity index (χ4n) is 9.70. The van der Waals surface area contributed by atoms with Gasteiger partial charge in [0.05, 0.1) is 25.9 Å². The fourth-order valence-corrected chi connectivity index (χ4v) is 11.4. The Hall–Kier alpha value is -7.71. The lowest BCUT2D eigenvalue weighted by molar-refractivity contribution is -0.137. The summed E-state index contributed by atoms with van der Waals surface area (Å²) in [5, 5.41) is 33.6. The van der Waals surface area contributed by atoms with Crippen LogP contribution in [-0.4, -0.2) is 183 Å². The summed E-state index contributed by atoms with van der Waals surface area (Å²) in [6, 6.07) is 4.61. The number of aliphatic hydroxyl groups is 2. The highest BCUT2D eigenvalue weighted by atomic mass is 31.1. The molecular weight excluding hydrogens is 1170 g/mol. The van der Waals surface area contributed by atoms with Crippen LogP contribution in [0, 0.1) is 5.92 Å². The van der Waals surface area contributed by atoms with Crippen LogP contribution in [0.5, 0.6) is 0 Å². The van der Waals surface area contributed by atoms with Crippen molar-refractivity contribution in [1.29, 1.82) is 0 Å². The maximum absolute atomic E-state index is 13.4. The fraction of sp³-hybridized carbons (Fsp3) is 0.510. The van der Waals surface area contributed by atoms with Gasteiger partial charge in [0, 0.05) is 50.8 Å². The highest BCUT2D eigenvalue weighted by Gasteiger charge is 2.50. The Labute approximate surface area is 490 Å². The molecule has 12 atom stereocenters. The van der Waals surface area contributed by atoms with Gasteiger partial charge in [0.1, 0.15) is 73.5 Å². The van der Waals surface area contributed by atoms with Crippen molar-refractivity contribution < 1.29 is 85.2 Å². The smallest absolute Gasteiger partial charge is 0.409 e. The summed E-state index contributed by atoms with van der Waals surface area (Å²) >= 11 is 0. The zero-order chi connectivity index (χ0) is 61.3. The molecule has 4 aromatic heterocycles. The zero-order valence-corrected chi connectivity index (χ0v) is 48.9. The number of ether oxygens (including phenoxy) is 3. The van der Waals surface area contributed by atoms with E-state index in [1.165, 1.54) is 59.1 Å². The van der Waals surface area contributed by atoms with Crippen molar-refractivity contribution in [3.63, 3.8) is 0 Å². The van der Waals surface area contributed by atoms with Crippen molar-refractivity contribution in [3.8, 4) is 0 Å². The van der Waals surface area contributed by atoms with E-state index in [9.17, 15) is 52.9 Å². The molecule has 1 aromatic carbocycles. The largest absolute Gasteiger partial charge is 0.445 e. The van der Waals surface area contributed by atoms with E-state index < -0.39 is 115 Å². The van der Waals surface area contributed by atoms with Crippen LogP contribution in [0.25, 0.3) is 22.3 Å². The summed E-state index contributed by atoms with van der Waals surface area (Å²) < 4.78 is 69.5. The molecular formula is C51H65N15O18P2. The number of amides is 7. The van der Waals surface area contributed by atoms with Crippen LogP contribution in [0.4, 0.5) is 22.1 Å². The molecule has 35 heteroatoms. The average Bonchev–Trinajstić information content (AvgIpc) is 4.51. The number of carbonyl (C=O) groups is 7. The van der Waals surface area contributed by atoms with Gasteiger partial charge in [-0.2, -0.15) is 0 Å². The monoisotopic (exact) mass is 1240 g/mol. The molecule has 33 nitrogen and oxygen atoms in total. The molecule has 4 aliphatic rings. The van der Waals surface area contributed by atoms with E-state index in [2.05, 4.69) is 51.2 Å². The average molecular weight is 1240 g/mol. The molecule has 8 heterocycles. The first-order valence-electron chi connectivity index (χ1n) is 27.4. The third-order valence-electron chi connectivity index (χ3n) is 14.4. The quantitative estimate of drug-likeness (QED) is 0.0310. The molecule has 2 bridgehead atoms. The number of nitrogens with one attached hydrogen (secondary N) is 4. The molecule has 4 aliphatic heterocycles. The lowest BCUT2D eigenvalue weighted by Gasteiger charge is -2.24. The SMILES string of the molecule is CC(C)[C@H](NC(=O)CCCCCN1C(=O)C=CC1=O)C(=O)N[C@@H](C)C(=O)Nc1ccc(COC(=O)N(C)CCCC(=O)Nc2ncnc3c2ncn3[C@@H]2O[C@@H]3CO[PH](=O)O[C@@H]4[C@H](O)[C@@H](CO[PH](=O)O[C@H]3[C@H]2O)O[C@H]4n2cnc3c(N)ncnc32)cc1. The van der Waals surface area contributed by atoms with Crippen molar-refractivity contribution in [2.75, 3.05) is 49.7 Å². The summed E-state index contributed by atoms with van der Waals surface area (Å²) in [4.78, 5) is 116. The van der Waals surface area contributed by atoms with Crippen molar-refractivity contribution in [2.24, 2.45) is 5.92 Å². The van der Waals surface area contributed by atoms with Crippen molar-refractivity contribution >= 4 is 97.7 Å². The number of benzene rings is 1. The molecule has 3 saturated heterocycles. The minimum atomic E-state index is -3.46. The molecule has 8 N–H and O–H groups in total. The molecule has 7 amide bonds. The van der Waals surface area contributed by atoms with Crippen LogP contribution in [0.1, 0.15) is 77.3 Å². The number of rotatable bonds is 21. The third kappa shape index (κ3) is 14.9. The van der Waals surface area contributed by atoms with E-state index in [0.29, 0.717) is 30.5 Å². The van der Waals surface area contributed by atoms with E-state index in [4.69, 9.17) is 38.0 Å². The van der Waals surface area contributed by atoms with Crippen molar-refractivity contribution in [2.45, 2.75) is 127 Å². The van der Waals surface area contributed by atoms with Crippen LogP contribution in [0.3, 0.4) is 0 Å². The second kappa shape index (κ2) is 28.2. The number of imidazole rings is 2. The normalized spacial score (nSPS) is 24.8. The van der Waals surface area contributed by atoms with Gasteiger partial charge in [-0.3, -0.25) is 56.5 Å². The van der Waals surface area contributed by atoms with Crippen molar-refractivity contribution in [1.82, 2.24) is 59.5 Å². The second-order valence-corrected chi connectivity index (χ2v) is 22.9. The van der Waals surface area contributed by atoms with Gasteiger partial charge in [-0.25, -0.2) is 34.7 Å². The number of anilines is 3. The second-order valence-electron chi connectivity index (χ2n) is 20.8. The number of carbonyl (C=O) groups excluding carboxylic acids is 7. The first kappa shape index (κ1) is 62.8. The van der Waals surface area contributed by atoms with E-state index in [-0.39, 0.29) is 96.6 Å². The topological polar surface area (TPSA) is 427 Å². The van der Waals surface area contributed by atoms with Crippen LogP contribution in [0.15, 0.2) is 61.7 Å². The minimum Gasteiger partial charge on any atom is -0.445 e. The number of imide groups is 1. The molecule has 462 valence electrons. The summed E-state index contributed by atoms with van der Waals surface area (Å²) in [5.41, 5.74) is 7.63. The molecule has 86 heavy (non-hydrogen) atoms. The number of aromatic nitrogens is 8. The molecule has 9 rings (SSSR count). The number of hydrogen-bond acceptors (Lipinski definition) is 25. The number of fused-ring (bicyclic) bond motifs is 5. The molecule has 0 saturated carbocycles. The first-order chi connectivity index (χ1) is 41.2. The standard InChI is InChI=1S/C51H65N15O18P2/c1-26(2)36(61-32(67)9-6-5-7-18-64-34(69)15-16-35(64)70)48(74)59-27(3)47(73)60-29-13-11-28(12-14-29)19-78-51(75)63(4)17-8-10-33(68)62-44-38-46(56-23-54-44)65(25-58-38)49-40(72)41-31(82-49)21-80-86(77)84-42-39(71)30(20-79-85(76)83-41)81-50(42)66-24-57-37-43(52)53-22-55-45(37)66/h11-16,22-27,30-31,36,39-42,49-50,71-72,85-86H,5-10,17-21H2,1-4H3,(H,59,74)(H,60,73)(H,61,67)(H2,52,53,55)(H,54,56,62,68)/t27-,30+,31+,36-,39+,40+,41+,42+,49+,50+/m0/s1. The van der Waals surface area contributed by atoms with Crippen LogP contribution < -0.4 is 27.0 Å². The third-order valence-corrected chi connectivity index (χ3v) is 16.1. The lowest BCUT2D eigenvalue weighted by Crippen LogP contribution is -2.53. The summed E-state index contributed by atoms with van der Waals surface area (Å²) in [5.74, 6) is -2.78. The van der Waals surface area contributed by atoms with Gasteiger partial charge in [-0.15, -0.1) is 0 Å². The van der Waals surface area contributed by atoms with Gasteiger partial charge < -0.3 is 69.9 Å². The number of unbranched alkanes of at least 4 members (excludes halogenated alkanes) is 2. The number of nitrogen functional groups attached to an aromatic ring is 1. The Kier molecular flexibility index (Phi) is 20.6. The van der Waals surface area contributed by atoms with Crippen molar-refractivity contribution in [3.05, 3.63) is 67.3 Å². The van der Waals surface area contributed by atoms with Gasteiger partial charge >= 0.3 is 22.6 Å². The number of aliphatic hydroxyl groups excluding tert-OH is 2. The zero-order valence-electron chi connectivity index (χ0n) is 46.9. The molecule has 2 unspecified atom stereocenters. The Morgan fingerprint density at radius 2 is 1.36 bits per heavy atom. The summed E-state index contributed by atoms with van der Waals surface area (Å²) in [7, 11) is -5.41. The van der Waals surface area contributed by atoms with Gasteiger partial charge in [0.2, 0.25) is 23.6 Å². The van der Waals surface area contributed by atoms with E-state index >= 15 is 0 Å². The predicted molar refractivity (Wildman–Crippen MR) is 299 cm³/mol. The Morgan fingerprint density at radius 1 is 0.733 bits per heavy atom. The van der Waals surface area contributed by atoms with Crippen LogP contribution in [0.2, 0.25) is 0 Å². The van der Waals surface area contributed by atoms with Gasteiger partial charge in [0.15, 0.2) is 40.9 Å². The maximum Gasteiger partial charge on any atom is 0.409 e. The van der Waals surface area contributed by atoms with Gasteiger partial charge in [0.25, 0.3) is 11.8 Å². The summed E-state index contributed by atoms with van der Waals surface area (Å²) in [6.45, 7) is 4.31. The Balaban J connectivity index is 0.696. The van der Waals surface area contributed by atoms with E-state index in [1.807, 2.05) is 0 Å². The van der Waals surface area contributed by atoms with Crippen LogP contribution in [-0.2, 0) is 76.8 Å². The Morgan fingerprint density at radius 3 is 2.07 bits per heavy atom. The van der Waals surface area contributed by atoms with Crippen LogP contribution >= 0.6 is 16.5 Å². The molecule has 5 aromatic rings. The number of hydrogen-bond donors (Lipinski definition) is 7. The molecule has 0 spiro atoms. The number of nitrogens with two attached hydrogens (primary N) is 1. The maximum atomic E-state index is 13.4. The molecule has 3 fully saturated rings. The first-order valence-corrected chi connectivity index (χ1v) is 29.8. The predicted octanol–water partition coefficient (Wildman–Crippen LogP) is 1.42. The van der Waals surface area contributed by atoms with Gasteiger partial charge in [-0.1, -0.05) is 32.4 Å². The van der Waals surface area contributed by atoms with E-state index in [1.54, 1.807) is 38.1 Å². The number of nitrogens with zero attached hydrogens (tertiary/aromatic N) is 10. The lowest BCUT2D eigenvalue weighted by atomic mass is 10.0. The van der Waals surface area contributed by atoms with E-state index in [0.717, 1.165) is 11.2 Å². The summed E-state index contributed by atoms with van der Waals surface area (Å²) in [6.07, 6.45) is -2.02. The molecule has 0 aliphatic carbocycles. The molecule has 0 radical (unpaired) electrons.